The molecule has 0 amide bonds. The van der Waals surface area contributed by atoms with Crippen molar-refractivity contribution in [1.82, 2.24) is 4.98 Å². The van der Waals surface area contributed by atoms with Gasteiger partial charge in [-0.25, -0.2) is 4.98 Å². The fourth-order valence-corrected chi connectivity index (χ4v) is 3.29. The zero-order valence-electron chi connectivity index (χ0n) is 13.3. The minimum atomic E-state index is -0.443. The van der Waals surface area contributed by atoms with Crippen LogP contribution in [0.1, 0.15) is 30.4 Å². The zero-order valence-corrected chi connectivity index (χ0v) is 14.2. The SMILES string of the molecule is N#Cc1c(N)nc(S)c(C#N)c1-c1ccc(O[C@H]2CCC[C@H]2O)cc1. The number of aliphatic hydroxyl groups excluding tert-OH is 1. The molecule has 2 aromatic rings. The van der Waals surface area contributed by atoms with Crippen LogP contribution in [0.25, 0.3) is 11.1 Å². The molecule has 1 aliphatic carbocycles. The molecule has 1 aromatic carbocycles. The number of benzene rings is 1. The number of aliphatic hydroxyl groups is 1. The van der Waals surface area contributed by atoms with Crippen LogP contribution in [0.2, 0.25) is 0 Å². The van der Waals surface area contributed by atoms with Gasteiger partial charge in [0.25, 0.3) is 0 Å². The molecule has 0 radical (unpaired) electrons. The first-order valence-corrected chi connectivity index (χ1v) is 8.27. The summed E-state index contributed by atoms with van der Waals surface area (Å²) in [7, 11) is 0. The number of anilines is 1. The minimum absolute atomic E-state index is 0.0379. The Hall–Kier alpha value is -2.74. The zero-order chi connectivity index (χ0) is 18.0. The number of hydrogen-bond acceptors (Lipinski definition) is 7. The molecule has 126 valence electrons. The average Bonchev–Trinajstić information content (AvgIpc) is 3.00. The number of aromatic nitrogens is 1. The third kappa shape index (κ3) is 3.25. The van der Waals surface area contributed by atoms with Gasteiger partial charge in [0.1, 0.15) is 40.4 Å². The van der Waals surface area contributed by atoms with Crippen LogP contribution in [-0.2, 0) is 0 Å². The van der Waals surface area contributed by atoms with Crippen LogP contribution in [0.3, 0.4) is 0 Å². The molecule has 1 saturated carbocycles. The van der Waals surface area contributed by atoms with E-state index in [1.807, 2.05) is 12.1 Å². The molecule has 2 atom stereocenters. The molecular weight excluding hydrogens is 336 g/mol. The van der Waals surface area contributed by atoms with E-state index in [9.17, 15) is 15.6 Å². The fraction of sp³-hybridized carbons (Fsp3) is 0.278. The van der Waals surface area contributed by atoms with Gasteiger partial charge >= 0.3 is 0 Å². The number of nitrogens with two attached hydrogens (primary N) is 1. The summed E-state index contributed by atoms with van der Waals surface area (Å²) in [6, 6.07) is 11.0. The van der Waals surface area contributed by atoms with E-state index < -0.39 is 6.10 Å². The van der Waals surface area contributed by atoms with Crippen molar-refractivity contribution >= 4 is 18.4 Å². The van der Waals surface area contributed by atoms with Gasteiger partial charge in [0.15, 0.2) is 0 Å². The van der Waals surface area contributed by atoms with E-state index in [1.165, 1.54) is 0 Å². The monoisotopic (exact) mass is 352 g/mol. The van der Waals surface area contributed by atoms with Crippen LogP contribution in [0.5, 0.6) is 5.75 Å². The Kier molecular flexibility index (Phi) is 4.80. The lowest BCUT2D eigenvalue weighted by molar-refractivity contribution is 0.0604. The highest BCUT2D eigenvalue weighted by Gasteiger charge is 2.27. The van der Waals surface area contributed by atoms with Gasteiger partial charge in [0.05, 0.1) is 11.7 Å². The van der Waals surface area contributed by atoms with E-state index >= 15 is 0 Å². The standard InChI is InChI=1S/C18H16N4O2S/c19-8-12-16(13(9-20)18(25)22-17(12)21)10-4-6-11(7-5-10)24-15-3-1-2-14(15)23/h4-7,14-15,23H,1-3H2,(H3,21,22,25)/t14-,15+/m1/s1. The minimum Gasteiger partial charge on any atom is -0.488 e. The van der Waals surface area contributed by atoms with E-state index in [1.54, 1.807) is 24.3 Å². The van der Waals surface area contributed by atoms with Gasteiger partial charge in [-0.15, -0.1) is 12.6 Å². The molecule has 3 N–H and O–H groups in total. The molecule has 0 saturated heterocycles. The summed E-state index contributed by atoms with van der Waals surface area (Å²) in [5.74, 6) is 0.663. The normalized spacial score (nSPS) is 19.2. The number of thiol groups is 1. The van der Waals surface area contributed by atoms with Crippen LogP contribution >= 0.6 is 12.6 Å². The van der Waals surface area contributed by atoms with Crippen molar-refractivity contribution in [2.45, 2.75) is 36.5 Å². The quantitative estimate of drug-likeness (QED) is 0.731. The molecule has 1 aliphatic rings. The van der Waals surface area contributed by atoms with Crippen molar-refractivity contribution < 1.29 is 9.84 Å². The molecule has 7 heteroatoms. The molecule has 0 spiro atoms. The van der Waals surface area contributed by atoms with Gasteiger partial charge in [0, 0.05) is 5.56 Å². The van der Waals surface area contributed by atoms with Gasteiger partial charge in [-0.05, 0) is 37.0 Å². The van der Waals surface area contributed by atoms with Gasteiger partial charge in [-0.2, -0.15) is 10.5 Å². The van der Waals surface area contributed by atoms with Gasteiger partial charge in [-0.1, -0.05) is 12.1 Å². The van der Waals surface area contributed by atoms with E-state index in [0.717, 1.165) is 19.3 Å². The van der Waals surface area contributed by atoms with Gasteiger partial charge in [0.2, 0.25) is 0 Å². The molecular formula is C18H16N4O2S. The summed E-state index contributed by atoms with van der Waals surface area (Å²) in [5.41, 5.74) is 7.22. The predicted molar refractivity (Wildman–Crippen MR) is 95.0 cm³/mol. The highest BCUT2D eigenvalue weighted by Crippen LogP contribution is 2.34. The maximum atomic E-state index is 9.85. The molecule has 1 heterocycles. The van der Waals surface area contributed by atoms with Crippen molar-refractivity contribution in [1.29, 1.82) is 10.5 Å². The van der Waals surface area contributed by atoms with E-state index in [0.29, 0.717) is 16.9 Å². The number of rotatable bonds is 3. The highest BCUT2D eigenvalue weighted by atomic mass is 32.1. The number of ether oxygens (including phenoxy) is 1. The first-order valence-electron chi connectivity index (χ1n) is 7.83. The second-order valence-corrected chi connectivity index (χ2v) is 6.27. The lowest BCUT2D eigenvalue weighted by atomic mass is 9.97. The molecule has 25 heavy (non-hydrogen) atoms. The van der Waals surface area contributed by atoms with E-state index in [-0.39, 0.29) is 28.1 Å². The number of nitriles is 2. The number of pyridine rings is 1. The second kappa shape index (κ2) is 7.02. The van der Waals surface area contributed by atoms with Crippen LogP contribution in [0.15, 0.2) is 29.3 Å². The lowest BCUT2D eigenvalue weighted by Crippen LogP contribution is -2.25. The van der Waals surface area contributed by atoms with E-state index in [2.05, 4.69) is 17.6 Å². The molecule has 3 rings (SSSR count). The van der Waals surface area contributed by atoms with Crippen LogP contribution in [0.4, 0.5) is 5.82 Å². The Bertz CT molecular complexity index is 846. The maximum absolute atomic E-state index is 9.85. The molecule has 1 aromatic heterocycles. The Labute approximate surface area is 150 Å². The third-order valence-electron chi connectivity index (χ3n) is 4.28. The highest BCUT2D eigenvalue weighted by molar-refractivity contribution is 7.80. The number of nitrogens with zero attached hydrogens (tertiary/aromatic N) is 3. The Morgan fingerprint density at radius 1 is 1.16 bits per heavy atom. The molecule has 0 unspecified atom stereocenters. The maximum Gasteiger partial charge on any atom is 0.143 e. The molecule has 1 fully saturated rings. The molecule has 0 aliphatic heterocycles. The van der Waals surface area contributed by atoms with Crippen molar-refractivity contribution in [3.63, 3.8) is 0 Å². The van der Waals surface area contributed by atoms with Crippen molar-refractivity contribution in [2.75, 3.05) is 5.73 Å². The first-order chi connectivity index (χ1) is 12.0. The second-order valence-electron chi connectivity index (χ2n) is 5.85. The van der Waals surface area contributed by atoms with Crippen LogP contribution < -0.4 is 10.5 Å². The van der Waals surface area contributed by atoms with Crippen molar-refractivity contribution in [3.8, 4) is 29.0 Å². The molecule has 0 bridgehead atoms. The first kappa shape index (κ1) is 17.1. The summed E-state index contributed by atoms with van der Waals surface area (Å²) in [5, 5.41) is 28.8. The van der Waals surface area contributed by atoms with Crippen LogP contribution in [-0.4, -0.2) is 22.3 Å². The van der Waals surface area contributed by atoms with Gasteiger partial charge in [-0.3, -0.25) is 0 Å². The Morgan fingerprint density at radius 3 is 2.40 bits per heavy atom. The number of hydrogen-bond donors (Lipinski definition) is 3. The fourth-order valence-electron chi connectivity index (χ4n) is 3.02. The molecule has 6 nitrogen and oxygen atoms in total. The smallest absolute Gasteiger partial charge is 0.143 e. The lowest BCUT2D eigenvalue weighted by Gasteiger charge is -2.17. The summed E-state index contributed by atoms with van der Waals surface area (Å²) in [6.45, 7) is 0. The average molecular weight is 352 g/mol. The van der Waals surface area contributed by atoms with Crippen LogP contribution in [0, 0.1) is 22.7 Å². The topological polar surface area (TPSA) is 116 Å². The predicted octanol–water partition coefficient (Wildman–Crippen LogP) is 2.66. The summed E-state index contributed by atoms with van der Waals surface area (Å²) in [6.07, 6.45) is 1.88. The summed E-state index contributed by atoms with van der Waals surface area (Å²) < 4.78 is 5.81. The van der Waals surface area contributed by atoms with Crippen molar-refractivity contribution in [3.05, 3.63) is 35.4 Å². The Balaban J connectivity index is 1.98. The van der Waals surface area contributed by atoms with Gasteiger partial charge < -0.3 is 15.6 Å². The van der Waals surface area contributed by atoms with E-state index in [4.69, 9.17) is 10.5 Å². The largest absolute Gasteiger partial charge is 0.488 e. The third-order valence-corrected chi connectivity index (χ3v) is 4.60. The Morgan fingerprint density at radius 2 is 1.84 bits per heavy atom. The summed E-state index contributed by atoms with van der Waals surface area (Å²) >= 11 is 4.19. The van der Waals surface area contributed by atoms with Crippen molar-refractivity contribution in [2.24, 2.45) is 0 Å². The number of nitrogen functional groups attached to an aromatic ring is 1. The summed E-state index contributed by atoms with van der Waals surface area (Å²) in [4.78, 5) is 3.94.